The molecule has 0 saturated heterocycles. The van der Waals surface area contributed by atoms with Gasteiger partial charge in [-0.2, -0.15) is 0 Å². The van der Waals surface area contributed by atoms with Gasteiger partial charge in [0.15, 0.2) is 5.78 Å². The summed E-state index contributed by atoms with van der Waals surface area (Å²) < 4.78 is 0. The van der Waals surface area contributed by atoms with Crippen molar-refractivity contribution < 1.29 is 4.79 Å². The van der Waals surface area contributed by atoms with E-state index >= 15 is 0 Å². The minimum absolute atomic E-state index is 0.0185. The molecule has 0 aliphatic rings. The van der Waals surface area contributed by atoms with E-state index in [2.05, 4.69) is 12.3 Å². The summed E-state index contributed by atoms with van der Waals surface area (Å²) in [5.41, 5.74) is 6.49. The van der Waals surface area contributed by atoms with E-state index in [1.165, 1.54) is 11.6 Å². The monoisotopic (exact) mass is 186 g/mol. The molecule has 0 radical (unpaired) electrons. The second-order valence-corrected chi connectivity index (χ2v) is 3.49. The summed E-state index contributed by atoms with van der Waals surface area (Å²) in [6, 6.07) is 4.02. The quantitative estimate of drug-likeness (QED) is 0.394. The predicted molar refractivity (Wildman–Crippen MR) is 58.7 cm³/mol. The number of allylic oxidation sites excluding steroid dienone is 1. The van der Waals surface area contributed by atoms with Crippen molar-refractivity contribution in [3.05, 3.63) is 52.8 Å². The number of aryl methyl sites for hydroxylation is 3. The van der Waals surface area contributed by atoms with Crippen LogP contribution in [0.4, 0.5) is 0 Å². The molecule has 0 aliphatic heterocycles. The molecule has 1 aromatic carbocycles. The molecule has 0 spiro atoms. The lowest BCUT2D eigenvalue weighted by Gasteiger charge is -2.07. The molecule has 1 nitrogen and oxygen atoms in total. The number of hydrogen-bond donors (Lipinski definition) is 0. The van der Waals surface area contributed by atoms with Crippen molar-refractivity contribution in [3.8, 4) is 0 Å². The first-order valence-corrected chi connectivity index (χ1v) is 4.54. The van der Waals surface area contributed by atoms with Gasteiger partial charge in [0.2, 0.25) is 0 Å². The zero-order valence-electron chi connectivity index (χ0n) is 8.85. The lowest BCUT2D eigenvalue weighted by molar-refractivity contribution is 0.104. The molecule has 1 heteroatoms. The summed E-state index contributed by atoms with van der Waals surface area (Å²) in [4.78, 5) is 11.6. The van der Waals surface area contributed by atoms with Crippen molar-refractivity contribution in [1.82, 2.24) is 0 Å². The molecule has 0 N–H and O–H groups in total. The molecule has 0 unspecified atom stereocenters. The largest absolute Gasteiger partial charge is 0.289 e. The van der Waals surface area contributed by atoms with E-state index in [4.69, 9.17) is 0 Å². The summed E-state index contributed by atoms with van der Waals surface area (Å²) in [5.74, 6) is -0.0185. The van der Waals surface area contributed by atoms with Crippen LogP contribution in [0.1, 0.15) is 27.0 Å². The van der Waals surface area contributed by atoms with Crippen LogP contribution in [0.25, 0.3) is 0 Å². The van der Waals surface area contributed by atoms with E-state index in [0.717, 1.165) is 16.7 Å². The fraction of sp³-hybridized carbons (Fsp3) is 0.231. The molecular weight excluding hydrogens is 172 g/mol. The molecular formula is C13H14O. The van der Waals surface area contributed by atoms with Crippen LogP contribution < -0.4 is 0 Å². The van der Waals surface area contributed by atoms with Crippen molar-refractivity contribution in [3.63, 3.8) is 0 Å². The Morgan fingerprint density at radius 3 is 2.21 bits per heavy atom. The molecule has 0 saturated carbocycles. The zero-order chi connectivity index (χ0) is 10.7. The first kappa shape index (κ1) is 10.5. The van der Waals surface area contributed by atoms with Crippen molar-refractivity contribution in [1.29, 1.82) is 0 Å². The standard InChI is InChI=1S/C13H14O/c1-5-6-12(14)13-10(3)7-9(2)8-11(13)4/h6-8H,1H2,2-4H3. The first-order chi connectivity index (χ1) is 6.56. The highest BCUT2D eigenvalue weighted by Crippen LogP contribution is 2.17. The molecule has 0 fully saturated rings. The van der Waals surface area contributed by atoms with Gasteiger partial charge in [-0.05, 0) is 31.9 Å². The van der Waals surface area contributed by atoms with Crippen LogP contribution >= 0.6 is 0 Å². The average molecular weight is 186 g/mol. The van der Waals surface area contributed by atoms with Gasteiger partial charge in [-0.15, -0.1) is 5.73 Å². The highest BCUT2D eigenvalue weighted by molar-refractivity contribution is 6.06. The van der Waals surface area contributed by atoms with E-state index in [1.807, 2.05) is 32.9 Å². The van der Waals surface area contributed by atoms with Gasteiger partial charge < -0.3 is 0 Å². The number of ketones is 1. The molecule has 0 heterocycles. The van der Waals surface area contributed by atoms with Crippen LogP contribution in [0.2, 0.25) is 0 Å². The number of benzene rings is 1. The minimum Gasteiger partial charge on any atom is -0.289 e. The third-order valence-corrected chi connectivity index (χ3v) is 2.16. The number of carbonyl (C=O) groups excluding carboxylic acids is 1. The Morgan fingerprint density at radius 2 is 1.79 bits per heavy atom. The summed E-state index contributed by atoms with van der Waals surface area (Å²) in [6.45, 7) is 9.32. The molecule has 0 amide bonds. The van der Waals surface area contributed by atoms with Gasteiger partial charge >= 0.3 is 0 Å². The van der Waals surface area contributed by atoms with Gasteiger partial charge in [0.05, 0.1) is 0 Å². The van der Waals surface area contributed by atoms with Crippen molar-refractivity contribution in [2.45, 2.75) is 20.8 Å². The Balaban J connectivity index is 3.34. The smallest absolute Gasteiger partial charge is 0.193 e. The highest BCUT2D eigenvalue weighted by atomic mass is 16.1. The van der Waals surface area contributed by atoms with Gasteiger partial charge in [0.1, 0.15) is 0 Å². The van der Waals surface area contributed by atoms with Crippen LogP contribution in [0.5, 0.6) is 0 Å². The Morgan fingerprint density at radius 1 is 1.29 bits per heavy atom. The fourth-order valence-corrected chi connectivity index (χ4v) is 1.73. The first-order valence-electron chi connectivity index (χ1n) is 4.54. The molecule has 0 aromatic heterocycles. The zero-order valence-corrected chi connectivity index (χ0v) is 8.85. The molecule has 14 heavy (non-hydrogen) atoms. The lowest BCUT2D eigenvalue weighted by atomic mass is 9.96. The van der Waals surface area contributed by atoms with Gasteiger partial charge in [0, 0.05) is 11.6 Å². The molecule has 1 aromatic rings. The van der Waals surface area contributed by atoms with E-state index in [-0.39, 0.29) is 5.78 Å². The summed E-state index contributed by atoms with van der Waals surface area (Å²) in [7, 11) is 0. The Bertz CT molecular complexity index is 398. The van der Waals surface area contributed by atoms with E-state index in [1.54, 1.807) is 0 Å². The molecule has 0 bridgehead atoms. The lowest BCUT2D eigenvalue weighted by Crippen LogP contribution is -2.01. The average Bonchev–Trinajstić information content (AvgIpc) is 2.01. The Labute approximate surface area is 84.8 Å². The third kappa shape index (κ3) is 2.01. The Kier molecular flexibility index (Phi) is 3.06. The van der Waals surface area contributed by atoms with Gasteiger partial charge in [-0.1, -0.05) is 24.3 Å². The molecule has 72 valence electrons. The van der Waals surface area contributed by atoms with Gasteiger partial charge in [0.25, 0.3) is 0 Å². The van der Waals surface area contributed by atoms with Gasteiger partial charge in [-0.3, -0.25) is 4.79 Å². The SMILES string of the molecule is C=C=CC(=O)c1c(C)cc(C)cc1C. The van der Waals surface area contributed by atoms with Crippen LogP contribution in [0.3, 0.4) is 0 Å². The maximum atomic E-state index is 11.6. The summed E-state index contributed by atoms with van der Waals surface area (Å²) >= 11 is 0. The number of hydrogen-bond acceptors (Lipinski definition) is 1. The number of carbonyl (C=O) groups is 1. The van der Waals surface area contributed by atoms with Crippen molar-refractivity contribution >= 4 is 5.78 Å². The maximum absolute atomic E-state index is 11.6. The molecule has 0 aliphatic carbocycles. The third-order valence-electron chi connectivity index (χ3n) is 2.16. The topological polar surface area (TPSA) is 17.1 Å². The van der Waals surface area contributed by atoms with Crippen LogP contribution in [0, 0.1) is 20.8 Å². The predicted octanol–water partition coefficient (Wildman–Crippen LogP) is 3.14. The van der Waals surface area contributed by atoms with E-state index in [9.17, 15) is 4.79 Å². The fourth-order valence-electron chi connectivity index (χ4n) is 1.73. The van der Waals surface area contributed by atoms with E-state index in [0.29, 0.717) is 0 Å². The van der Waals surface area contributed by atoms with Crippen LogP contribution in [0.15, 0.2) is 30.5 Å². The highest BCUT2D eigenvalue weighted by Gasteiger charge is 2.09. The maximum Gasteiger partial charge on any atom is 0.193 e. The molecule has 1 rings (SSSR count). The normalized spacial score (nSPS) is 9.36. The van der Waals surface area contributed by atoms with Crippen LogP contribution in [-0.4, -0.2) is 5.78 Å². The minimum atomic E-state index is -0.0185. The Hall–Kier alpha value is -1.59. The second kappa shape index (κ2) is 4.08. The summed E-state index contributed by atoms with van der Waals surface area (Å²) in [6.07, 6.45) is 1.38. The number of rotatable bonds is 2. The van der Waals surface area contributed by atoms with Crippen molar-refractivity contribution in [2.75, 3.05) is 0 Å². The molecule has 0 atom stereocenters. The van der Waals surface area contributed by atoms with Gasteiger partial charge in [-0.25, -0.2) is 0 Å². The van der Waals surface area contributed by atoms with E-state index < -0.39 is 0 Å². The van der Waals surface area contributed by atoms with Crippen LogP contribution in [-0.2, 0) is 0 Å². The summed E-state index contributed by atoms with van der Waals surface area (Å²) in [5, 5.41) is 0. The van der Waals surface area contributed by atoms with Crippen molar-refractivity contribution in [2.24, 2.45) is 0 Å². The second-order valence-electron chi connectivity index (χ2n) is 3.49.